The van der Waals surface area contributed by atoms with Crippen LogP contribution in [0.5, 0.6) is 0 Å². The number of halogens is 2. The van der Waals surface area contributed by atoms with Crippen LogP contribution < -0.4 is 5.73 Å². The number of pyridine rings is 1. The number of aliphatic hydroxyl groups excluding tert-OH is 1. The summed E-state index contributed by atoms with van der Waals surface area (Å²) in [7, 11) is 0. The first-order valence-electron chi connectivity index (χ1n) is 3.76. The Kier molecular flexibility index (Phi) is 3.27. The zero-order chi connectivity index (χ0) is 9.84. The van der Waals surface area contributed by atoms with Crippen LogP contribution in [-0.2, 0) is 0 Å². The van der Waals surface area contributed by atoms with E-state index >= 15 is 0 Å². The molecule has 3 nitrogen and oxygen atoms in total. The molecular formula is C8H10F2N2O. The minimum atomic E-state index is -2.61. The molecule has 0 fully saturated rings. The van der Waals surface area contributed by atoms with Crippen molar-refractivity contribution in [3.05, 3.63) is 29.6 Å². The van der Waals surface area contributed by atoms with Gasteiger partial charge in [-0.3, -0.25) is 4.98 Å². The molecule has 3 N–H and O–H groups in total. The fraction of sp³-hybridized carbons (Fsp3) is 0.375. The molecule has 0 amide bonds. The Bertz CT molecular complexity index is 281. The average Bonchev–Trinajstić information content (AvgIpc) is 2.16. The van der Waals surface area contributed by atoms with Crippen LogP contribution in [0, 0.1) is 0 Å². The maximum absolute atomic E-state index is 12.3. The van der Waals surface area contributed by atoms with E-state index in [-0.39, 0.29) is 11.3 Å². The molecule has 0 aliphatic rings. The molecule has 0 radical (unpaired) electrons. The van der Waals surface area contributed by atoms with E-state index in [4.69, 9.17) is 10.8 Å². The molecule has 0 saturated heterocycles. The van der Waals surface area contributed by atoms with E-state index in [0.717, 1.165) is 0 Å². The van der Waals surface area contributed by atoms with Crippen LogP contribution in [0.4, 0.5) is 8.78 Å². The normalized spacial score (nSPS) is 13.3. The second-order valence-electron chi connectivity index (χ2n) is 2.57. The van der Waals surface area contributed by atoms with Crippen LogP contribution in [0.1, 0.15) is 23.7 Å². The molecule has 0 aliphatic carbocycles. The highest BCUT2D eigenvalue weighted by molar-refractivity contribution is 5.23. The zero-order valence-corrected chi connectivity index (χ0v) is 6.82. The van der Waals surface area contributed by atoms with Gasteiger partial charge in [-0.2, -0.15) is 0 Å². The van der Waals surface area contributed by atoms with Gasteiger partial charge in [0.2, 0.25) is 0 Å². The summed E-state index contributed by atoms with van der Waals surface area (Å²) in [4.78, 5) is 3.71. The number of aromatic nitrogens is 1. The molecule has 5 heteroatoms. The molecule has 0 aromatic carbocycles. The molecular weight excluding hydrogens is 178 g/mol. The Morgan fingerprint density at radius 3 is 2.77 bits per heavy atom. The Morgan fingerprint density at radius 1 is 1.54 bits per heavy atom. The number of hydrogen-bond acceptors (Lipinski definition) is 3. The molecule has 13 heavy (non-hydrogen) atoms. The number of rotatable bonds is 3. The van der Waals surface area contributed by atoms with Gasteiger partial charge in [0.15, 0.2) is 0 Å². The van der Waals surface area contributed by atoms with E-state index in [1.807, 2.05) is 0 Å². The zero-order valence-electron chi connectivity index (χ0n) is 6.82. The first-order valence-corrected chi connectivity index (χ1v) is 3.76. The van der Waals surface area contributed by atoms with E-state index in [2.05, 4.69) is 4.98 Å². The second-order valence-corrected chi connectivity index (χ2v) is 2.57. The van der Waals surface area contributed by atoms with Crippen molar-refractivity contribution in [1.82, 2.24) is 4.98 Å². The van der Waals surface area contributed by atoms with Gasteiger partial charge in [-0.05, 0) is 12.1 Å². The SMILES string of the molecule is NC(CO)c1ncccc1C(F)F. The van der Waals surface area contributed by atoms with Crippen molar-refractivity contribution in [2.75, 3.05) is 6.61 Å². The summed E-state index contributed by atoms with van der Waals surface area (Å²) in [6, 6.07) is 1.82. The maximum Gasteiger partial charge on any atom is 0.265 e. The van der Waals surface area contributed by atoms with Gasteiger partial charge in [0.05, 0.1) is 18.3 Å². The van der Waals surface area contributed by atoms with Crippen molar-refractivity contribution in [3.63, 3.8) is 0 Å². The van der Waals surface area contributed by atoms with E-state index in [9.17, 15) is 8.78 Å². The third kappa shape index (κ3) is 2.19. The predicted octanol–water partition coefficient (Wildman–Crippen LogP) is 1.01. The van der Waals surface area contributed by atoms with Gasteiger partial charge in [-0.25, -0.2) is 8.78 Å². The van der Waals surface area contributed by atoms with Crippen LogP contribution in [0.25, 0.3) is 0 Å². The van der Waals surface area contributed by atoms with Gasteiger partial charge in [0, 0.05) is 11.8 Å². The summed E-state index contributed by atoms with van der Waals surface area (Å²) < 4.78 is 24.7. The van der Waals surface area contributed by atoms with Gasteiger partial charge in [0.25, 0.3) is 6.43 Å². The van der Waals surface area contributed by atoms with Gasteiger partial charge in [-0.15, -0.1) is 0 Å². The van der Waals surface area contributed by atoms with Crippen LogP contribution in [-0.4, -0.2) is 16.7 Å². The van der Waals surface area contributed by atoms with Crippen molar-refractivity contribution in [2.24, 2.45) is 5.73 Å². The summed E-state index contributed by atoms with van der Waals surface area (Å²) >= 11 is 0. The number of nitrogens with two attached hydrogens (primary N) is 1. The van der Waals surface area contributed by atoms with E-state index in [0.29, 0.717) is 0 Å². The standard InChI is InChI=1S/C8H10F2N2O/c9-8(10)5-2-1-3-12-7(5)6(11)4-13/h1-3,6,8,13H,4,11H2. The lowest BCUT2D eigenvalue weighted by Gasteiger charge is -2.11. The van der Waals surface area contributed by atoms with Gasteiger partial charge in [0.1, 0.15) is 0 Å². The molecule has 1 unspecified atom stereocenters. The molecule has 72 valence electrons. The van der Waals surface area contributed by atoms with Crippen molar-refractivity contribution < 1.29 is 13.9 Å². The highest BCUT2D eigenvalue weighted by atomic mass is 19.3. The van der Waals surface area contributed by atoms with Crippen LogP contribution in [0.2, 0.25) is 0 Å². The second kappa shape index (κ2) is 4.25. The van der Waals surface area contributed by atoms with Crippen molar-refractivity contribution in [1.29, 1.82) is 0 Å². The number of aliphatic hydroxyl groups is 1. The maximum atomic E-state index is 12.3. The minimum Gasteiger partial charge on any atom is -0.394 e. The molecule has 1 aromatic rings. The molecule has 1 rings (SSSR count). The highest BCUT2D eigenvalue weighted by Gasteiger charge is 2.17. The predicted molar refractivity (Wildman–Crippen MR) is 43.2 cm³/mol. The summed E-state index contributed by atoms with van der Waals surface area (Å²) in [5, 5.41) is 8.68. The lowest BCUT2D eigenvalue weighted by atomic mass is 10.1. The van der Waals surface area contributed by atoms with Crippen molar-refractivity contribution in [3.8, 4) is 0 Å². The Morgan fingerprint density at radius 2 is 2.23 bits per heavy atom. The van der Waals surface area contributed by atoms with E-state index < -0.39 is 19.1 Å². The average molecular weight is 188 g/mol. The monoisotopic (exact) mass is 188 g/mol. The number of hydrogen-bond donors (Lipinski definition) is 2. The topological polar surface area (TPSA) is 59.1 Å². The first kappa shape index (κ1) is 10.0. The molecule has 1 heterocycles. The third-order valence-electron chi connectivity index (χ3n) is 1.65. The minimum absolute atomic E-state index is 0.0556. The lowest BCUT2D eigenvalue weighted by Crippen LogP contribution is -2.18. The lowest BCUT2D eigenvalue weighted by molar-refractivity contribution is 0.148. The summed E-state index contributed by atoms with van der Waals surface area (Å²) in [5.74, 6) is 0. The first-order chi connectivity index (χ1) is 6.16. The van der Waals surface area contributed by atoms with E-state index in [1.165, 1.54) is 18.3 Å². The van der Waals surface area contributed by atoms with E-state index in [1.54, 1.807) is 0 Å². The summed E-state index contributed by atoms with van der Waals surface area (Å²) in [5.41, 5.74) is 5.22. The van der Waals surface area contributed by atoms with Gasteiger partial charge < -0.3 is 10.8 Å². The molecule has 1 atom stereocenters. The van der Waals surface area contributed by atoms with Crippen molar-refractivity contribution in [2.45, 2.75) is 12.5 Å². The molecule has 1 aromatic heterocycles. The summed E-state index contributed by atoms with van der Waals surface area (Å²) in [6.45, 7) is -0.392. The largest absolute Gasteiger partial charge is 0.394 e. The molecule has 0 saturated carbocycles. The van der Waals surface area contributed by atoms with Crippen molar-refractivity contribution >= 4 is 0 Å². The Balaban J connectivity index is 3.04. The van der Waals surface area contributed by atoms with Crippen LogP contribution >= 0.6 is 0 Å². The molecule has 0 aliphatic heterocycles. The molecule has 0 bridgehead atoms. The van der Waals surface area contributed by atoms with Crippen LogP contribution in [0.3, 0.4) is 0 Å². The van der Waals surface area contributed by atoms with Gasteiger partial charge in [-0.1, -0.05) is 0 Å². The van der Waals surface area contributed by atoms with Crippen LogP contribution in [0.15, 0.2) is 18.3 Å². The molecule has 0 spiro atoms. The Hall–Kier alpha value is -1.07. The third-order valence-corrected chi connectivity index (χ3v) is 1.65. The number of nitrogens with zero attached hydrogens (tertiary/aromatic N) is 1. The quantitative estimate of drug-likeness (QED) is 0.744. The number of alkyl halides is 2. The summed E-state index contributed by atoms with van der Waals surface area (Å²) in [6.07, 6.45) is -1.24. The highest BCUT2D eigenvalue weighted by Crippen LogP contribution is 2.24. The van der Waals surface area contributed by atoms with Gasteiger partial charge >= 0.3 is 0 Å². The smallest absolute Gasteiger partial charge is 0.265 e. The fourth-order valence-corrected chi connectivity index (χ4v) is 1.01. The fourth-order valence-electron chi connectivity index (χ4n) is 1.01. The Labute approximate surface area is 74.2 Å².